The zero-order chi connectivity index (χ0) is 21.6. The lowest BCUT2D eigenvalue weighted by molar-refractivity contribution is 0.0846. The number of nitrogens with zero attached hydrogens (tertiary/aromatic N) is 1. The van der Waals surface area contributed by atoms with Gasteiger partial charge in [0.15, 0.2) is 0 Å². The molecule has 0 radical (unpaired) electrons. The van der Waals surface area contributed by atoms with E-state index < -0.39 is 11.8 Å². The van der Waals surface area contributed by atoms with Crippen molar-refractivity contribution in [1.29, 1.82) is 0 Å². The molecule has 1 aromatic heterocycles. The van der Waals surface area contributed by atoms with Crippen molar-refractivity contribution < 1.29 is 14.3 Å². The minimum atomic E-state index is -0.413. The standard InChI is InChI=1S/C23H29N3O3/c1-7-8-29-21-16(5)11-18(12-17(21)6)22(27)25-26-23(28)19-10-15(4)20(24-13-19)9-14(2)3/h7,10-14H,1,8-9H2,2-6H3,(H,25,27)(H,26,28). The molecule has 29 heavy (non-hydrogen) atoms. The van der Waals surface area contributed by atoms with Gasteiger partial charge in [0.05, 0.1) is 5.56 Å². The zero-order valence-electron chi connectivity index (χ0n) is 17.8. The predicted molar refractivity (Wildman–Crippen MR) is 114 cm³/mol. The predicted octanol–water partition coefficient (Wildman–Crippen LogP) is 3.84. The molecule has 2 aromatic rings. The number of pyridine rings is 1. The Hall–Kier alpha value is -3.15. The Bertz CT molecular complexity index is 897. The van der Waals surface area contributed by atoms with Crippen molar-refractivity contribution in [3.8, 4) is 5.75 Å². The number of aryl methyl sites for hydroxylation is 3. The molecule has 0 aliphatic rings. The van der Waals surface area contributed by atoms with Crippen LogP contribution in [0.1, 0.15) is 56.9 Å². The third kappa shape index (κ3) is 5.91. The van der Waals surface area contributed by atoms with Gasteiger partial charge in [-0.15, -0.1) is 0 Å². The van der Waals surface area contributed by atoms with E-state index in [9.17, 15) is 9.59 Å². The monoisotopic (exact) mass is 395 g/mol. The highest BCUT2D eigenvalue weighted by Gasteiger charge is 2.14. The highest BCUT2D eigenvalue weighted by molar-refractivity contribution is 5.99. The first-order valence-corrected chi connectivity index (χ1v) is 9.64. The fourth-order valence-electron chi connectivity index (χ4n) is 3.04. The summed E-state index contributed by atoms with van der Waals surface area (Å²) in [6, 6.07) is 5.23. The lowest BCUT2D eigenvalue weighted by Gasteiger charge is -2.14. The minimum Gasteiger partial charge on any atom is -0.489 e. The van der Waals surface area contributed by atoms with Crippen LogP contribution in [0.15, 0.2) is 37.1 Å². The van der Waals surface area contributed by atoms with E-state index in [0.29, 0.717) is 23.7 Å². The van der Waals surface area contributed by atoms with E-state index >= 15 is 0 Å². The summed E-state index contributed by atoms with van der Waals surface area (Å²) in [6.07, 6.45) is 4.06. The third-order valence-electron chi connectivity index (χ3n) is 4.41. The minimum absolute atomic E-state index is 0.396. The van der Waals surface area contributed by atoms with Crippen LogP contribution in [0.4, 0.5) is 0 Å². The molecule has 6 heteroatoms. The average Bonchev–Trinajstić information content (AvgIpc) is 2.66. The molecular weight excluding hydrogens is 366 g/mol. The van der Waals surface area contributed by atoms with Crippen molar-refractivity contribution in [2.24, 2.45) is 5.92 Å². The van der Waals surface area contributed by atoms with Gasteiger partial charge in [-0.1, -0.05) is 26.5 Å². The Labute approximate surface area is 172 Å². The van der Waals surface area contributed by atoms with Gasteiger partial charge in [0.1, 0.15) is 12.4 Å². The van der Waals surface area contributed by atoms with E-state index in [1.807, 2.05) is 20.8 Å². The molecule has 0 saturated carbocycles. The molecule has 6 nitrogen and oxygen atoms in total. The Morgan fingerprint density at radius 2 is 1.59 bits per heavy atom. The molecule has 0 aliphatic heterocycles. The molecule has 154 valence electrons. The van der Waals surface area contributed by atoms with Gasteiger partial charge < -0.3 is 4.74 Å². The van der Waals surface area contributed by atoms with E-state index in [4.69, 9.17) is 4.74 Å². The van der Waals surface area contributed by atoms with Gasteiger partial charge >= 0.3 is 0 Å². The average molecular weight is 396 g/mol. The number of amides is 2. The van der Waals surface area contributed by atoms with Crippen molar-refractivity contribution in [3.05, 3.63) is 70.6 Å². The molecule has 0 spiro atoms. The molecule has 0 saturated heterocycles. The maximum Gasteiger partial charge on any atom is 0.271 e. The summed E-state index contributed by atoms with van der Waals surface area (Å²) in [5, 5.41) is 0. The van der Waals surface area contributed by atoms with Crippen LogP contribution in [-0.2, 0) is 6.42 Å². The number of rotatable bonds is 7. The molecule has 0 bridgehead atoms. The van der Waals surface area contributed by atoms with E-state index in [-0.39, 0.29) is 0 Å². The lowest BCUT2D eigenvalue weighted by atomic mass is 10.0. The number of hydrogen-bond acceptors (Lipinski definition) is 4. The Kier molecular flexibility index (Phi) is 7.53. The largest absolute Gasteiger partial charge is 0.489 e. The highest BCUT2D eigenvalue weighted by atomic mass is 16.5. The van der Waals surface area contributed by atoms with Crippen LogP contribution in [0, 0.1) is 26.7 Å². The molecule has 2 N–H and O–H groups in total. The SMILES string of the molecule is C=CCOc1c(C)cc(C(=O)NNC(=O)c2cnc(CC(C)C)c(C)c2)cc1C. The molecule has 2 rings (SSSR count). The van der Waals surface area contributed by atoms with Crippen LogP contribution in [0.2, 0.25) is 0 Å². The summed E-state index contributed by atoms with van der Waals surface area (Å²) in [4.78, 5) is 29.2. The first-order valence-electron chi connectivity index (χ1n) is 9.64. The second kappa shape index (κ2) is 9.87. The van der Waals surface area contributed by atoms with Crippen molar-refractivity contribution in [2.45, 2.75) is 41.0 Å². The van der Waals surface area contributed by atoms with Gasteiger partial charge in [0, 0.05) is 17.5 Å². The van der Waals surface area contributed by atoms with Gasteiger partial charge in [0.25, 0.3) is 11.8 Å². The normalized spacial score (nSPS) is 10.6. The first kappa shape index (κ1) is 22.1. The molecule has 0 fully saturated rings. The fourth-order valence-corrected chi connectivity index (χ4v) is 3.04. The number of carbonyl (C=O) groups is 2. The molecule has 0 aliphatic carbocycles. The molecule has 1 aromatic carbocycles. The summed E-state index contributed by atoms with van der Waals surface area (Å²) >= 11 is 0. The van der Waals surface area contributed by atoms with Crippen molar-refractivity contribution in [1.82, 2.24) is 15.8 Å². The van der Waals surface area contributed by atoms with Gasteiger partial charge in [0.2, 0.25) is 0 Å². The molecular formula is C23H29N3O3. The van der Waals surface area contributed by atoms with E-state index in [1.165, 1.54) is 6.20 Å². The van der Waals surface area contributed by atoms with Crippen molar-refractivity contribution in [3.63, 3.8) is 0 Å². The van der Waals surface area contributed by atoms with Crippen molar-refractivity contribution >= 4 is 11.8 Å². The van der Waals surface area contributed by atoms with E-state index in [0.717, 1.165) is 34.6 Å². The topological polar surface area (TPSA) is 80.3 Å². The van der Waals surface area contributed by atoms with Gasteiger partial charge in [-0.05, 0) is 68.0 Å². The number of ether oxygens (including phenoxy) is 1. The zero-order valence-corrected chi connectivity index (χ0v) is 17.8. The second-order valence-corrected chi connectivity index (χ2v) is 7.53. The number of carbonyl (C=O) groups excluding carboxylic acids is 2. The molecule has 0 atom stereocenters. The quantitative estimate of drug-likeness (QED) is 0.551. The summed E-state index contributed by atoms with van der Waals surface area (Å²) < 4.78 is 5.63. The first-order chi connectivity index (χ1) is 13.7. The molecule has 0 unspecified atom stereocenters. The number of hydrazine groups is 1. The maximum atomic E-state index is 12.5. The van der Waals surface area contributed by atoms with Crippen LogP contribution in [0.3, 0.4) is 0 Å². The smallest absolute Gasteiger partial charge is 0.271 e. The summed E-state index contributed by atoms with van der Waals surface area (Å²) in [5.74, 6) is 0.402. The number of hydrogen-bond donors (Lipinski definition) is 2. The van der Waals surface area contributed by atoms with Gasteiger partial charge in [-0.2, -0.15) is 0 Å². The van der Waals surface area contributed by atoms with Crippen molar-refractivity contribution in [2.75, 3.05) is 6.61 Å². The number of benzene rings is 1. The number of nitrogens with one attached hydrogen (secondary N) is 2. The highest BCUT2D eigenvalue weighted by Crippen LogP contribution is 2.24. The van der Waals surface area contributed by atoms with Crippen LogP contribution >= 0.6 is 0 Å². The Morgan fingerprint density at radius 1 is 1.03 bits per heavy atom. The van der Waals surface area contributed by atoms with Crippen LogP contribution < -0.4 is 15.6 Å². The van der Waals surface area contributed by atoms with Gasteiger partial charge in [-0.25, -0.2) is 0 Å². The van der Waals surface area contributed by atoms with E-state index in [2.05, 4.69) is 36.3 Å². The maximum absolute atomic E-state index is 12.5. The fraction of sp³-hybridized carbons (Fsp3) is 0.348. The summed E-state index contributed by atoms with van der Waals surface area (Å²) in [7, 11) is 0. The summed E-state index contributed by atoms with van der Waals surface area (Å²) in [5.41, 5.74) is 9.35. The third-order valence-corrected chi connectivity index (χ3v) is 4.41. The van der Waals surface area contributed by atoms with Gasteiger partial charge in [-0.3, -0.25) is 25.4 Å². The van der Waals surface area contributed by atoms with Crippen LogP contribution in [0.25, 0.3) is 0 Å². The van der Waals surface area contributed by atoms with Crippen LogP contribution in [-0.4, -0.2) is 23.4 Å². The molecule has 1 heterocycles. The lowest BCUT2D eigenvalue weighted by Crippen LogP contribution is -2.41. The van der Waals surface area contributed by atoms with Crippen LogP contribution in [0.5, 0.6) is 5.75 Å². The van der Waals surface area contributed by atoms with E-state index in [1.54, 1.807) is 24.3 Å². The summed E-state index contributed by atoms with van der Waals surface area (Å²) in [6.45, 7) is 13.9. The Balaban J connectivity index is 2.04. The molecule has 2 amide bonds. The second-order valence-electron chi connectivity index (χ2n) is 7.53. The number of aromatic nitrogens is 1. The Morgan fingerprint density at radius 3 is 2.10 bits per heavy atom.